The molecule has 7 nitrogen and oxygen atoms in total. The largest absolute Gasteiger partial charge is 0.495 e. The first-order valence-electron chi connectivity index (χ1n) is 11.0. The van der Waals surface area contributed by atoms with Crippen LogP contribution in [-0.2, 0) is 4.79 Å². The highest BCUT2D eigenvalue weighted by Gasteiger charge is 2.23. The Morgan fingerprint density at radius 2 is 1.85 bits per heavy atom. The molecule has 0 unspecified atom stereocenters. The average Bonchev–Trinajstić information content (AvgIpc) is 3.29. The number of anilines is 2. The van der Waals surface area contributed by atoms with E-state index < -0.39 is 0 Å². The van der Waals surface area contributed by atoms with Crippen LogP contribution in [0.25, 0.3) is 16.7 Å². The molecule has 7 heteroatoms. The standard InChI is InChI=1S/C26H24N4O3/c1-33-24-14-11-19(16-23(24)29-15-5-4-8-25(29)31)28-26(32)18-9-12-20(13-10-18)30-17-27-21-6-2-3-7-22(21)30/h2-3,6-7,9-14,16-17H,4-5,8,15H2,1H3,(H,28,32). The van der Waals surface area contributed by atoms with Crippen molar-refractivity contribution in [1.82, 2.24) is 9.55 Å². The lowest BCUT2D eigenvalue weighted by Crippen LogP contribution is -2.35. The first-order chi connectivity index (χ1) is 16.1. The molecule has 0 aliphatic carbocycles. The van der Waals surface area contributed by atoms with Gasteiger partial charge in [-0.3, -0.25) is 14.2 Å². The quantitative estimate of drug-likeness (QED) is 0.484. The molecule has 0 saturated carbocycles. The molecule has 1 aliphatic heterocycles. The Morgan fingerprint density at radius 1 is 1.03 bits per heavy atom. The van der Waals surface area contributed by atoms with Crippen LogP contribution in [0, 0.1) is 0 Å². The van der Waals surface area contributed by atoms with Gasteiger partial charge in [0.25, 0.3) is 5.91 Å². The third-order valence-corrected chi connectivity index (χ3v) is 5.91. The second-order valence-corrected chi connectivity index (χ2v) is 7.99. The molecular weight excluding hydrogens is 416 g/mol. The number of rotatable bonds is 5. The topological polar surface area (TPSA) is 76.5 Å². The first kappa shape index (κ1) is 20.8. The van der Waals surface area contributed by atoms with E-state index in [2.05, 4.69) is 10.3 Å². The number of nitrogens with zero attached hydrogens (tertiary/aromatic N) is 3. The maximum atomic E-state index is 12.9. The Kier molecular flexibility index (Phi) is 5.52. The lowest BCUT2D eigenvalue weighted by Gasteiger charge is -2.28. The summed E-state index contributed by atoms with van der Waals surface area (Å²) in [5.74, 6) is 0.462. The highest BCUT2D eigenvalue weighted by Crippen LogP contribution is 2.33. The van der Waals surface area contributed by atoms with Gasteiger partial charge in [0.1, 0.15) is 12.1 Å². The number of aromatic nitrogens is 2. The molecule has 0 atom stereocenters. The zero-order chi connectivity index (χ0) is 22.8. The van der Waals surface area contributed by atoms with E-state index in [4.69, 9.17) is 4.74 Å². The molecule has 1 aromatic heterocycles. The molecule has 1 aliphatic rings. The molecule has 1 saturated heterocycles. The van der Waals surface area contributed by atoms with E-state index >= 15 is 0 Å². The molecule has 2 amide bonds. The van der Waals surface area contributed by atoms with Crippen molar-refractivity contribution in [1.29, 1.82) is 0 Å². The number of ether oxygens (including phenoxy) is 1. The summed E-state index contributed by atoms with van der Waals surface area (Å²) < 4.78 is 7.45. The lowest BCUT2D eigenvalue weighted by molar-refractivity contribution is -0.119. The highest BCUT2D eigenvalue weighted by atomic mass is 16.5. The van der Waals surface area contributed by atoms with E-state index in [1.165, 1.54) is 0 Å². The fourth-order valence-electron chi connectivity index (χ4n) is 4.18. The molecular formula is C26H24N4O3. The molecule has 1 fully saturated rings. The number of hydrogen-bond acceptors (Lipinski definition) is 4. The number of piperidine rings is 1. The van der Waals surface area contributed by atoms with Crippen LogP contribution in [0.1, 0.15) is 29.6 Å². The Bertz CT molecular complexity index is 1330. The first-order valence-corrected chi connectivity index (χ1v) is 11.0. The van der Waals surface area contributed by atoms with Crippen LogP contribution in [0.15, 0.2) is 73.1 Å². The Hall–Kier alpha value is -4.13. The minimum atomic E-state index is -0.224. The van der Waals surface area contributed by atoms with Gasteiger partial charge in [0.2, 0.25) is 5.91 Å². The molecule has 0 bridgehead atoms. The lowest BCUT2D eigenvalue weighted by atomic mass is 10.1. The molecule has 4 aromatic rings. The number of carbonyl (C=O) groups is 2. The maximum Gasteiger partial charge on any atom is 0.255 e. The number of para-hydroxylation sites is 2. The zero-order valence-electron chi connectivity index (χ0n) is 18.3. The predicted octanol–water partition coefficient (Wildman–Crippen LogP) is 4.80. The smallest absolute Gasteiger partial charge is 0.255 e. The van der Waals surface area contributed by atoms with Crippen molar-refractivity contribution >= 4 is 34.2 Å². The summed E-state index contributed by atoms with van der Waals surface area (Å²) in [6.45, 7) is 0.650. The van der Waals surface area contributed by atoms with Crippen LogP contribution in [0.3, 0.4) is 0 Å². The molecule has 2 heterocycles. The van der Waals surface area contributed by atoms with E-state index in [1.807, 2.05) is 41.0 Å². The molecule has 1 N–H and O–H groups in total. The van der Waals surface area contributed by atoms with E-state index in [1.54, 1.807) is 48.7 Å². The predicted molar refractivity (Wildman–Crippen MR) is 128 cm³/mol. The van der Waals surface area contributed by atoms with E-state index in [9.17, 15) is 9.59 Å². The monoisotopic (exact) mass is 440 g/mol. The second kappa shape index (κ2) is 8.78. The normalized spacial score (nSPS) is 13.8. The summed E-state index contributed by atoms with van der Waals surface area (Å²) in [7, 11) is 1.58. The third kappa shape index (κ3) is 4.05. The van der Waals surface area contributed by atoms with Crippen LogP contribution in [0.4, 0.5) is 11.4 Å². The van der Waals surface area contributed by atoms with Gasteiger partial charge in [-0.1, -0.05) is 12.1 Å². The van der Waals surface area contributed by atoms with Gasteiger partial charge >= 0.3 is 0 Å². The molecule has 166 valence electrons. The Morgan fingerprint density at radius 3 is 2.64 bits per heavy atom. The van der Waals surface area contributed by atoms with Crippen LogP contribution in [0.5, 0.6) is 5.75 Å². The summed E-state index contributed by atoms with van der Waals surface area (Å²) >= 11 is 0. The maximum absolute atomic E-state index is 12.9. The SMILES string of the molecule is COc1ccc(NC(=O)c2ccc(-n3cnc4ccccc43)cc2)cc1N1CCCCC1=O. The van der Waals surface area contributed by atoms with Gasteiger partial charge in [-0.25, -0.2) is 4.98 Å². The van der Waals surface area contributed by atoms with Crippen molar-refractivity contribution in [3.05, 3.63) is 78.6 Å². The van der Waals surface area contributed by atoms with E-state index in [0.29, 0.717) is 35.7 Å². The second-order valence-electron chi connectivity index (χ2n) is 7.99. The Balaban J connectivity index is 1.36. The zero-order valence-corrected chi connectivity index (χ0v) is 18.3. The van der Waals surface area contributed by atoms with Crippen molar-refractivity contribution in [2.24, 2.45) is 0 Å². The number of fused-ring (bicyclic) bond motifs is 1. The third-order valence-electron chi connectivity index (χ3n) is 5.91. The van der Waals surface area contributed by atoms with E-state index in [-0.39, 0.29) is 11.8 Å². The summed E-state index contributed by atoms with van der Waals surface area (Å²) in [6.07, 6.45) is 4.15. The minimum Gasteiger partial charge on any atom is -0.495 e. The van der Waals surface area contributed by atoms with Gasteiger partial charge in [0.05, 0.1) is 23.8 Å². The van der Waals surface area contributed by atoms with Crippen molar-refractivity contribution in [2.75, 3.05) is 23.9 Å². The number of imidazole rings is 1. The van der Waals surface area contributed by atoms with Gasteiger partial charge in [0.15, 0.2) is 0 Å². The summed E-state index contributed by atoms with van der Waals surface area (Å²) in [5, 5.41) is 2.94. The van der Waals surface area contributed by atoms with Crippen LogP contribution in [-0.4, -0.2) is 35.0 Å². The van der Waals surface area contributed by atoms with E-state index in [0.717, 1.165) is 29.6 Å². The van der Waals surface area contributed by atoms with Crippen molar-refractivity contribution < 1.29 is 14.3 Å². The van der Waals surface area contributed by atoms with Crippen molar-refractivity contribution in [2.45, 2.75) is 19.3 Å². The highest BCUT2D eigenvalue weighted by molar-refractivity contribution is 6.05. The minimum absolute atomic E-state index is 0.0747. The van der Waals surface area contributed by atoms with Crippen molar-refractivity contribution in [3.8, 4) is 11.4 Å². The van der Waals surface area contributed by atoms with Crippen LogP contribution < -0.4 is 15.0 Å². The van der Waals surface area contributed by atoms with Crippen LogP contribution >= 0.6 is 0 Å². The van der Waals surface area contributed by atoms with Crippen molar-refractivity contribution in [3.63, 3.8) is 0 Å². The molecule has 33 heavy (non-hydrogen) atoms. The number of carbonyl (C=O) groups excluding carboxylic acids is 2. The number of hydrogen-bond donors (Lipinski definition) is 1. The van der Waals surface area contributed by atoms with Gasteiger partial charge in [-0.05, 0) is 67.4 Å². The molecule has 0 radical (unpaired) electrons. The summed E-state index contributed by atoms with van der Waals surface area (Å²) in [4.78, 5) is 31.5. The fourth-order valence-corrected chi connectivity index (χ4v) is 4.18. The van der Waals surface area contributed by atoms with Gasteiger partial charge in [0, 0.05) is 29.9 Å². The number of amides is 2. The fraction of sp³-hybridized carbons (Fsp3) is 0.192. The van der Waals surface area contributed by atoms with Gasteiger partial charge in [-0.2, -0.15) is 0 Å². The van der Waals surface area contributed by atoms with Gasteiger partial charge in [-0.15, -0.1) is 0 Å². The number of benzene rings is 3. The molecule has 5 rings (SSSR count). The number of nitrogens with one attached hydrogen (secondary N) is 1. The van der Waals surface area contributed by atoms with Crippen LogP contribution in [0.2, 0.25) is 0 Å². The Labute approximate surface area is 191 Å². The summed E-state index contributed by atoms with van der Waals surface area (Å²) in [6, 6.07) is 20.6. The number of methoxy groups -OCH3 is 1. The average molecular weight is 441 g/mol. The summed E-state index contributed by atoms with van der Waals surface area (Å²) in [5.41, 5.74) is 4.68. The van der Waals surface area contributed by atoms with Gasteiger partial charge < -0.3 is 15.0 Å². The molecule has 0 spiro atoms. The molecule has 3 aromatic carbocycles.